The van der Waals surface area contributed by atoms with E-state index in [-0.39, 0.29) is 10.5 Å². The van der Waals surface area contributed by atoms with Crippen LogP contribution in [0.3, 0.4) is 0 Å². The highest BCUT2D eigenvalue weighted by Crippen LogP contribution is 2.17. The Kier molecular flexibility index (Phi) is 4.12. The zero-order valence-electron chi connectivity index (χ0n) is 11.3. The Morgan fingerprint density at radius 3 is 2.36 bits per heavy atom. The first-order chi connectivity index (χ1) is 10.3. The summed E-state index contributed by atoms with van der Waals surface area (Å²) >= 11 is 0. The summed E-state index contributed by atoms with van der Waals surface area (Å²) in [6, 6.07) is 11.0. The van der Waals surface area contributed by atoms with E-state index in [4.69, 9.17) is 16.1 Å². The first-order valence-electron chi connectivity index (χ1n) is 6.05. The number of primary amides is 1. The van der Waals surface area contributed by atoms with Gasteiger partial charge in [-0.15, -0.1) is 0 Å². The minimum atomic E-state index is -3.76. The maximum Gasteiger partial charge on any atom is 0.259 e. The standard InChI is InChI=1S/C14H12N4O3S/c15-9-10(14(16)19)8-12-2-1-7-18(12)11-3-5-13(6-4-11)22(17,20)21/h1-8H,(H2,16,19)(H2,17,20,21). The van der Waals surface area contributed by atoms with Crippen molar-refractivity contribution in [2.75, 3.05) is 0 Å². The Morgan fingerprint density at radius 2 is 1.86 bits per heavy atom. The number of aromatic nitrogens is 1. The molecule has 0 saturated carbocycles. The van der Waals surface area contributed by atoms with Crippen LogP contribution in [-0.2, 0) is 14.8 Å². The van der Waals surface area contributed by atoms with E-state index in [0.717, 1.165) is 0 Å². The summed E-state index contributed by atoms with van der Waals surface area (Å²) in [7, 11) is -3.76. The number of nitrogens with zero attached hydrogens (tertiary/aromatic N) is 2. The monoisotopic (exact) mass is 316 g/mol. The minimum absolute atomic E-state index is 0.00431. The van der Waals surface area contributed by atoms with Crippen molar-refractivity contribution in [3.05, 3.63) is 53.9 Å². The van der Waals surface area contributed by atoms with Gasteiger partial charge in [-0.2, -0.15) is 5.26 Å². The fourth-order valence-corrected chi connectivity index (χ4v) is 2.37. The van der Waals surface area contributed by atoms with Gasteiger partial charge in [0, 0.05) is 17.6 Å². The van der Waals surface area contributed by atoms with E-state index in [2.05, 4.69) is 0 Å². The van der Waals surface area contributed by atoms with Gasteiger partial charge in [0.1, 0.15) is 11.6 Å². The molecule has 1 heterocycles. The lowest BCUT2D eigenvalue weighted by Crippen LogP contribution is -2.13. The number of carbonyl (C=O) groups excluding carboxylic acids is 1. The molecule has 0 saturated heterocycles. The van der Waals surface area contributed by atoms with Crippen molar-refractivity contribution in [1.82, 2.24) is 4.57 Å². The molecule has 2 rings (SSSR count). The van der Waals surface area contributed by atoms with Crippen molar-refractivity contribution in [2.24, 2.45) is 10.9 Å². The summed E-state index contributed by atoms with van der Waals surface area (Å²) in [6.45, 7) is 0. The SMILES string of the molecule is N#CC(=Cc1cccn1-c1ccc(S(N)(=O)=O)cc1)C(N)=O. The van der Waals surface area contributed by atoms with Crippen LogP contribution in [-0.4, -0.2) is 18.9 Å². The van der Waals surface area contributed by atoms with Gasteiger partial charge in [0.05, 0.1) is 4.90 Å². The Bertz CT molecular complexity index is 887. The molecule has 0 unspecified atom stereocenters. The molecule has 1 aromatic heterocycles. The van der Waals surface area contributed by atoms with Gasteiger partial charge in [-0.3, -0.25) is 4.79 Å². The quantitative estimate of drug-likeness (QED) is 0.628. The molecular formula is C14H12N4O3S. The molecule has 0 radical (unpaired) electrons. The molecule has 8 heteroatoms. The summed E-state index contributed by atoms with van der Waals surface area (Å²) in [5, 5.41) is 13.9. The molecule has 0 atom stereocenters. The molecule has 0 aliphatic carbocycles. The van der Waals surface area contributed by atoms with Gasteiger partial charge in [-0.25, -0.2) is 13.6 Å². The lowest BCUT2D eigenvalue weighted by molar-refractivity contribution is -0.114. The molecule has 0 spiro atoms. The second-order valence-electron chi connectivity index (χ2n) is 4.38. The molecule has 4 N–H and O–H groups in total. The van der Waals surface area contributed by atoms with Crippen LogP contribution in [0.15, 0.2) is 53.1 Å². The Hall–Kier alpha value is -2.89. The number of benzene rings is 1. The summed E-state index contributed by atoms with van der Waals surface area (Å²) in [6.07, 6.45) is 3.06. The number of nitriles is 1. The molecule has 0 bridgehead atoms. The first-order valence-corrected chi connectivity index (χ1v) is 7.60. The zero-order chi connectivity index (χ0) is 16.3. The third-order valence-corrected chi connectivity index (χ3v) is 3.83. The number of hydrogen-bond donors (Lipinski definition) is 2. The van der Waals surface area contributed by atoms with Crippen molar-refractivity contribution in [2.45, 2.75) is 4.90 Å². The maximum absolute atomic E-state index is 11.2. The Balaban J connectivity index is 2.46. The van der Waals surface area contributed by atoms with E-state index in [1.165, 1.54) is 18.2 Å². The van der Waals surface area contributed by atoms with Crippen molar-refractivity contribution < 1.29 is 13.2 Å². The molecule has 0 aliphatic rings. The summed E-state index contributed by atoms with van der Waals surface area (Å²) in [4.78, 5) is 11.1. The first kappa shape index (κ1) is 15.5. The number of rotatable bonds is 4. The van der Waals surface area contributed by atoms with E-state index in [1.807, 2.05) is 0 Å². The largest absolute Gasteiger partial charge is 0.365 e. The van der Waals surface area contributed by atoms with Crippen molar-refractivity contribution >= 4 is 22.0 Å². The normalized spacial score (nSPS) is 11.9. The number of sulfonamides is 1. The highest BCUT2D eigenvalue weighted by atomic mass is 32.2. The van der Waals surface area contributed by atoms with Gasteiger partial charge in [-0.05, 0) is 42.5 Å². The van der Waals surface area contributed by atoms with Crippen LogP contribution < -0.4 is 10.9 Å². The van der Waals surface area contributed by atoms with Gasteiger partial charge in [0.25, 0.3) is 5.91 Å². The Morgan fingerprint density at radius 1 is 1.23 bits per heavy atom. The Labute approximate surface area is 127 Å². The van der Waals surface area contributed by atoms with Crippen molar-refractivity contribution in [1.29, 1.82) is 5.26 Å². The summed E-state index contributed by atoms with van der Waals surface area (Å²) < 4.78 is 24.1. The van der Waals surface area contributed by atoms with Gasteiger partial charge in [0.15, 0.2) is 0 Å². The van der Waals surface area contributed by atoms with Crippen LogP contribution >= 0.6 is 0 Å². The van der Waals surface area contributed by atoms with Gasteiger partial charge < -0.3 is 10.3 Å². The van der Waals surface area contributed by atoms with Crippen LogP contribution in [0.2, 0.25) is 0 Å². The molecule has 0 aliphatic heterocycles. The lowest BCUT2D eigenvalue weighted by atomic mass is 10.2. The van der Waals surface area contributed by atoms with E-state index >= 15 is 0 Å². The van der Waals surface area contributed by atoms with Gasteiger partial charge in [0.2, 0.25) is 10.0 Å². The molecule has 7 nitrogen and oxygen atoms in total. The van der Waals surface area contributed by atoms with Crippen LogP contribution in [0.25, 0.3) is 11.8 Å². The number of nitrogens with two attached hydrogens (primary N) is 2. The fourth-order valence-electron chi connectivity index (χ4n) is 1.85. The maximum atomic E-state index is 11.2. The van der Waals surface area contributed by atoms with E-state index in [9.17, 15) is 13.2 Å². The van der Waals surface area contributed by atoms with Crippen LogP contribution in [0.4, 0.5) is 0 Å². The summed E-state index contributed by atoms with van der Waals surface area (Å²) in [5.74, 6) is -0.820. The molecule has 1 aromatic carbocycles. The van der Waals surface area contributed by atoms with Gasteiger partial charge >= 0.3 is 0 Å². The van der Waals surface area contributed by atoms with Crippen LogP contribution in [0.5, 0.6) is 0 Å². The smallest absolute Gasteiger partial charge is 0.259 e. The third-order valence-electron chi connectivity index (χ3n) is 2.90. The molecule has 1 amide bonds. The number of primary sulfonamides is 1. The lowest BCUT2D eigenvalue weighted by Gasteiger charge is -2.07. The van der Waals surface area contributed by atoms with Gasteiger partial charge in [-0.1, -0.05) is 0 Å². The van der Waals surface area contributed by atoms with E-state index in [0.29, 0.717) is 11.4 Å². The average Bonchev–Trinajstić information content (AvgIpc) is 2.91. The van der Waals surface area contributed by atoms with E-state index in [1.54, 1.807) is 41.1 Å². The predicted octanol–water partition coefficient (Wildman–Crippen LogP) is 0.517. The minimum Gasteiger partial charge on any atom is -0.365 e. The van der Waals surface area contributed by atoms with Crippen molar-refractivity contribution in [3.63, 3.8) is 0 Å². The second kappa shape index (κ2) is 5.85. The number of carbonyl (C=O) groups is 1. The molecular weight excluding hydrogens is 304 g/mol. The fraction of sp³-hybridized carbons (Fsp3) is 0. The predicted molar refractivity (Wildman–Crippen MR) is 79.9 cm³/mol. The second-order valence-corrected chi connectivity index (χ2v) is 5.94. The van der Waals surface area contributed by atoms with Crippen molar-refractivity contribution in [3.8, 4) is 11.8 Å². The van der Waals surface area contributed by atoms with E-state index < -0.39 is 15.9 Å². The third kappa shape index (κ3) is 3.22. The number of hydrogen-bond acceptors (Lipinski definition) is 4. The van der Waals surface area contributed by atoms with Crippen LogP contribution in [0.1, 0.15) is 5.69 Å². The highest BCUT2D eigenvalue weighted by Gasteiger charge is 2.09. The topological polar surface area (TPSA) is 132 Å². The average molecular weight is 316 g/mol. The zero-order valence-corrected chi connectivity index (χ0v) is 12.1. The molecule has 0 fully saturated rings. The summed E-state index contributed by atoms with van der Waals surface area (Å²) in [5.41, 5.74) is 6.12. The number of amides is 1. The van der Waals surface area contributed by atoms with Crippen LogP contribution in [0, 0.1) is 11.3 Å². The highest BCUT2D eigenvalue weighted by molar-refractivity contribution is 7.89. The molecule has 22 heavy (non-hydrogen) atoms. The molecule has 2 aromatic rings. The molecule has 112 valence electrons.